The summed E-state index contributed by atoms with van der Waals surface area (Å²) in [5.74, 6) is 0. The topological polar surface area (TPSA) is 64.3 Å². The van der Waals surface area contributed by atoms with E-state index >= 15 is 0 Å². The number of amides is 1. The van der Waals surface area contributed by atoms with Crippen LogP contribution in [0.3, 0.4) is 0 Å². The predicted octanol–water partition coefficient (Wildman–Crippen LogP) is 1.25. The average Bonchev–Trinajstić information content (AvgIpc) is 2.02. The Morgan fingerprint density at radius 1 is 1.57 bits per heavy atom. The highest BCUT2D eigenvalue weighted by atomic mass is 16.6. The van der Waals surface area contributed by atoms with Crippen LogP contribution in [0.1, 0.15) is 34.1 Å². The summed E-state index contributed by atoms with van der Waals surface area (Å²) in [5.41, 5.74) is 5.81. The summed E-state index contributed by atoms with van der Waals surface area (Å²) in [5, 5.41) is 2.83. The number of carbonyl (C=O) groups is 1. The molecule has 1 aliphatic carbocycles. The maximum atomic E-state index is 11.3. The molecule has 3 N–H and O–H groups in total. The number of nitrogens with one attached hydrogen (secondary N) is 1. The lowest BCUT2D eigenvalue weighted by Crippen LogP contribution is -2.64. The van der Waals surface area contributed by atoms with Crippen molar-refractivity contribution in [3.63, 3.8) is 0 Å². The Morgan fingerprint density at radius 3 is 2.50 bits per heavy atom. The van der Waals surface area contributed by atoms with Crippen LogP contribution in [-0.4, -0.2) is 24.3 Å². The van der Waals surface area contributed by atoms with Crippen molar-refractivity contribution in [2.24, 2.45) is 11.1 Å². The Balaban J connectivity index is 2.36. The van der Waals surface area contributed by atoms with Crippen molar-refractivity contribution in [2.75, 3.05) is 0 Å². The van der Waals surface area contributed by atoms with Gasteiger partial charge in [0, 0.05) is 17.5 Å². The van der Waals surface area contributed by atoms with E-state index in [1.807, 2.05) is 13.8 Å². The Labute approximate surface area is 85.2 Å². The molecule has 14 heavy (non-hydrogen) atoms. The molecule has 0 bridgehead atoms. The van der Waals surface area contributed by atoms with Crippen molar-refractivity contribution in [1.29, 1.82) is 0 Å². The Morgan fingerprint density at radius 2 is 2.14 bits per heavy atom. The summed E-state index contributed by atoms with van der Waals surface area (Å²) >= 11 is 0. The lowest BCUT2D eigenvalue weighted by Gasteiger charge is -2.50. The second-order valence-electron chi connectivity index (χ2n) is 4.81. The van der Waals surface area contributed by atoms with Gasteiger partial charge in [0.05, 0.1) is 6.10 Å². The molecule has 0 heterocycles. The molecule has 2 unspecified atom stereocenters. The van der Waals surface area contributed by atoms with Crippen molar-refractivity contribution >= 4 is 6.09 Å². The summed E-state index contributed by atoms with van der Waals surface area (Å²) in [6.07, 6.45) is 0.414. The normalized spacial score (nSPS) is 29.6. The lowest BCUT2D eigenvalue weighted by atomic mass is 9.63. The first kappa shape index (κ1) is 11.3. The number of hydrogen-bond donors (Lipinski definition) is 2. The van der Waals surface area contributed by atoms with Crippen LogP contribution in [0.25, 0.3) is 0 Å². The molecule has 0 radical (unpaired) electrons. The van der Waals surface area contributed by atoms with Crippen LogP contribution < -0.4 is 11.1 Å². The van der Waals surface area contributed by atoms with Gasteiger partial charge < -0.3 is 15.8 Å². The van der Waals surface area contributed by atoms with Gasteiger partial charge in [-0.05, 0) is 20.3 Å². The molecule has 0 aromatic rings. The second-order valence-corrected chi connectivity index (χ2v) is 4.81. The number of hydrogen-bond acceptors (Lipinski definition) is 3. The van der Waals surface area contributed by atoms with Gasteiger partial charge in [-0.15, -0.1) is 0 Å². The molecular weight excluding hydrogens is 180 g/mol. The van der Waals surface area contributed by atoms with Gasteiger partial charge in [0.25, 0.3) is 0 Å². The minimum absolute atomic E-state index is 0.0179. The summed E-state index contributed by atoms with van der Waals surface area (Å²) in [6, 6.07) is 0.315. The van der Waals surface area contributed by atoms with Gasteiger partial charge in [0.1, 0.15) is 0 Å². The molecule has 1 rings (SSSR count). The zero-order valence-electron chi connectivity index (χ0n) is 9.33. The fourth-order valence-electron chi connectivity index (χ4n) is 1.59. The first-order chi connectivity index (χ1) is 6.34. The van der Waals surface area contributed by atoms with Gasteiger partial charge in [-0.3, -0.25) is 0 Å². The van der Waals surface area contributed by atoms with Gasteiger partial charge in [-0.2, -0.15) is 0 Å². The molecule has 0 aromatic carbocycles. The highest BCUT2D eigenvalue weighted by Crippen LogP contribution is 2.38. The largest absolute Gasteiger partial charge is 0.447 e. The number of carbonyl (C=O) groups excluding carboxylic acids is 1. The third-order valence-corrected chi connectivity index (χ3v) is 2.98. The molecule has 0 saturated heterocycles. The standard InChI is InChI=1S/C10H20N2O2/c1-6(2)14-9(13)12-8-5-7(11)10(8,3)4/h6-8H,5,11H2,1-4H3,(H,12,13). The van der Waals surface area contributed by atoms with Crippen molar-refractivity contribution in [1.82, 2.24) is 5.32 Å². The first-order valence-corrected chi connectivity index (χ1v) is 5.06. The SMILES string of the molecule is CC(C)OC(=O)NC1CC(N)C1(C)C. The Hall–Kier alpha value is -0.770. The zero-order chi connectivity index (χ0) is 10.9. The minimum Gasteiger partial charge on any atom is -0.447 e. The van der Waals surface area contributed by atoms with Crippen LogP contribution in [-0.2, 0) is 4.74 Å². The fourth-order valence-corrected chi connectivity index (χ4v) is 1.59. The molecular formula is C10H20N2O2. The Bertz CT molecular complexity index is 226. The van der Waals surface area contributed by atoms with Gasteiger partial charge in [-0.1, -0.05) is 13.8 Å². The zero-order valence-corrected chi connectivity index (χ0v) is 9.33. The highest BCUT2D eigenvalue weighted by Gasteiger charge is 2.46. The van der Waals surface area contributed by atoms with Crippen molar-refractivity contribution in [3.8, 4) is 0 Å². The van der Waals surface area contributed by atoms with Crippen LogP contribution >= 0.6 is 0 Å². The lowest BCUT2D eigenvalue weighted by molar-refractivity contribution is 0.0542. The maximum absolute atomic E-state index is 11.3. The van der Waals surface area contributed by atoms with E-state index in [-0.39, 0.29) is 29.7 Å². The van der Waals surface area contributed by atoms with E-state index in [0.717, 1.165) is 6.42 Å². The number of nitrogens with two attached hydrogens (primary N) is 1. The molecule has 1 saturated carbocycles. The summed E-state index contributed by atoms with van der Waals surface area (Å²) in [7, 11) is 0. The molecule has 2 atom stereocenters. The minimum atomic E-state index is -0.343. The van der Waals surface area contributed by atoms with Crippen LogP contribution in [0.4, 0.5) is 4.79 Å². The van der Waals surface area contributed by atoms with E-state index in [1.165, 1.54) is 0 Å². The summed E-state index contributed by atoms with van der Waals surface area (Å²) in [6.45, 7) is 7.78. The third kappa shape index (κ3) is 2.18. The molecule has 1 fully saturated rings. The van der Waals surface area contributed by atoms with Gasteiger partial charge in [0.2, 0.25) is 0 Å². The van der Waals surface area contributed by atoms with E-state index in [2.05, 4.69) is 19.2 Å². The van der Waals surface area contributed by atoms with E-state index < -0.39 is 0 Å². The van der Waals surface area contributed by atoms with E-state index in [0.29, 0.717) is 0 Å². The smallest absolute Gasteiger partial charge is 0.407 e. The van der Waals surface area contributed by atoms with Gasteiger partial charge >= 0.3 is 6.09 Å². The molecule has 82 valence electrons. The van der Waals surface area contributed by atoms with E-state index in [4.69, 9.17) is 10.5 Å². The molecule has 1 amide bonds. The molecule has 4 heteroatoms. The predicted molar refractivity (Wildman–Crippen MR) is 54.9 cm³/mol. The first-order valence-electron chi connectivity index (χ1n) is 5.06. The number of rotatable bonds is 2. The van der Waals surface area contributed by atoms with Crippen molar-refractivity contribution in [2.45, 2.75) is 52.3 Å². The molecule has 0 aromatic heterocycles. The molecule has 4 nitrogen and oxygen atoms in total. The maximum Gasteiger partial charge on any atom is 0.407 e. The van der Waals surface area contributed by atoms with Gasteiger partial charge in [-0.25, -0.2) is 4.79 Å². The quantitative estimate of drug-likeness (QED) is 0.705. The summed E-state index contributed by atoms with van der Waals surface area (Å²) < 4.78 is 4.99. The molecule has 0 spiro atoms. The van der Waals surface area contributed by atoms with E-state index in [9.17, 15) is 4.79 Å². The Kier molecular flexibility index (Phi) is 3.04. The molecule has 1 aliphatic rings. The molecule has 0 aliphatic heterocycles. The van der Waals surface area contributed by atoms with Crippen LogP contribution in [0.15, 0.2) is 0 Å². The average molecular weight is 200 g/mol. The number of ether oxygens (including phenoxy) is 1. The van der Waals surface area contributed by atoms with E-state index in [1.54, 1.807) is 0 Å². The summed E-state index contributed by atoms with van der Waals surface area (Å²) in [4.78, 5) is 11.3. The van der Waals surface area contributed by atoms with Crippen LogP contribution in [0.5, 0.6) is 0 Å². The van der Waals surface area contributed by atoms with Crippen molar-refractivity contribution in [3.05, 3.63) is 0 Å². The second kappa shape index (κ2) is 3.77. The number of alkyl carbamates (subject to hydrolysis) is 1. The van der Waals surface area contributed by atoms with Gasteiger partial charge in [0.15, 0.2) is 0 Å². The monoisotopic (exact) mass is 200 g/mol. The van der Waals surface area contributed by atoms with Crippen LogP contribution in [0, 0.1) is 5.41 Å². The fraction of sp³-hybridized carbons (Fsp3) is 0.900. The highest BCUT2D eigenvalue weighted by molar-refractivity contribution is 5.68. The van der Waals surface area contributed by atoms with Crippen LogP contribution in [0.2, 0.25) is 0 Å². The third-order valence-electron chi connectivity index (χ3n) is 2.98. The van der Waals surface area contributed by atoms with Crippen molar-refractivity contribution < 1.29 is 9.53 Å².